The summed E-state index contributed by atoms with van der Waals surface area (Å²) in [4.78, 5) is 27.2. The van der Waals surface area contributed by atoms with Crippen molar-refractivity contribution in [2.75, 3.05) is 57.5 Å². The van der Waals surface area contributed by atoms with Crippen LogP contribution in [0.25, 0.3) is 0 Å². The molecule has 41 heavy (non-hydrogen) atoms. The number of hydrazone groups is 1. The van der Waals surface area contributed by atoms with Crippen LogP contribution in [0.15, 0.2) is 47.6 Å². The van der Waals surface area contributed by atoms with Gasteiger partial charge in [0.25, 0.3) is 0 Å². The van der Waals surface area contributed by atoms with Gasteiger partial charge in [-0.3, -0.25) is 10.1 Å². The lowest BCUT2D eigenvalue weighted by molar-refractivity contribution is 0.149. The molecule has 0 bridgehead atoms. The number of thioether (sulfide) groups is 1. The average molecular weight is 582 g/mol. The van der Waals surface area contributed by atoms with Crippen LogP contribution in [0.3, 0.4) is 0 Å². The van der Waals surface area contributed by atoms with Gasteiger partial charge in [0.1, 0.15) is 0 Å². The monoisotopic (exact) mass is 581 g/mol. The van der Waals surface area contributed by atoms with Crippen LogP contribution >= 0.6 is 11.8 Å². The third-order valence-electron chi connectivity index (χ3n) is 7.47. The molecule has 2 fully saturated rings. The summed E-state index contributed by atoms with van der Waals surface area (Å²) in [6.07, 6.45) is 5.03. The first-order chi connectivity index (χ1) is 20.1. The third kappa shape index (κ3) is 8.37. The Morgan fingerprint density at radius 2 is 1.88 bits per heavy atom. The molecule has 1 saturated carbocycles. The van der Waals surface area contributed by atoms with E-state index in [-0.39, 0.29) is 11.3 Å². The summed E-state index contributed by atoms with van der Waals surface area (Å²) in [6.45, 7) is 5.72. The molecule has 2 heterocycles. The van der Waals surface area contributed by atoms with E-state index in [0.29, 0.717) is 36.1 Å². The van der Waals surface area contributed by atoms with Crippen LogP contribution in [0.4, 0.5) is 15.3 Å². The molecule has 2 aromatic carbocycles. The molecule has 1 saturated heterocycles. The maximum atomic E-state index is 12.7. The van der Waals surface area contributed by atoms with Gasteiger partial charge in [0.05, 0.1) is 32.1 Å². The van der Waals surface area contributed by atoms with Crippen molar-refractivity contribution in [1.82, 2.24) is 15.2 Å². The van der Waals surface area contributed by atoms with Gasteiger partial charge >= 0.3 is 11.3 Å². The number of ether oxygens (including phenoxy) is 3. The average Bonchev–Trinajstić information content (AvgIpc) is 3.51. The van der Waals surface area contributed by atoms with Crippen LogP contribution in [0.5, 0.6) is 11.5 Å². The smallest absolute Gasteiger partial charge is 0.411 e. The Bertz CT molecular complexity index is 1210. The maximum Gasteiger partial charge on any atom is 0.411 e. The van der Waals surface area contributed by atoms with Gasteiger partial charge in [0.2, 0.25) is 0 Å². The molecule has 2 aromatic rings. The van der Waals surface area contributed by atoms with Gasteiger partial charge in [-0.25, -0.2) is 9.80 Å². The molecule has 0 radical (unpaired) electrons. The van der Waals surface area contributed by atoms with Gasteiger partial charge in [0, 0.05) is 49.7 Å². The largest absolute Gasteiger partial charge is 0.493 e. The molecule has 2 N–H and O–H groups in total. The van der Waals surface area contributed by atoms with Crippen molar-refractivity contribution in [3.63, 3.8) is 0 Å². The lowest BCUT2D eigenvalue weighted by Crippen LogP contribution is -2.43. The highest BCUT2D eigenvalue weighted by atomic mass is 32.2. The Kier molecular flexibility index (Phi) is 10.4. The maximum absolute atomic E-state index is 12.7. The molecule has 1 aliphatic carbocycles. The first-order valence-corrected chi connectivity index (χ1v) is 15.4. The normalized spacial score (nSPS) is 18.2. The quantitative estimate of drug-likeness (QED) is 0.360. The molecule has 0 spiro atoms. The molecule has 10 nitrogen and oxygen atoms in total. The van der Waals surface area contributed by atoms with E-state index in [0.717, 1.165) is 68.8 Å². The summed E-state index contributed by atoms with van der Waals surface area (Å²) in [5.74, 6) is 1.91. The Morgan fingerprint density at radius 3 is 2.63 bits per heavy atom. The fourth-order valence-corrected chi connectivity index (χ4v) is 5.94. The number of nitrogens with zero attached hydrogens (tertiary/aromatic N) is 3. The van der Waals surface area contributed by atoms with Crippen molar-refractivity contribution in [2.45, 2.75) is 44.8 Å². The van der Waals surface area contributed by atoms with E-state index >= 15 is 0 Å². The van der Waals surface area contributed by atoms with Crippen molar-refractivity contribution in [2.24, 2.45) is 5.10 Å². The fourth-order valence-electron chi connectivity index (χ4n) is 5.20. The SMILES string of the molecule is COc1ccc(C2=NN(Cc3ccc(NC(=O)OCCCN4CCNCC4)cc3)C(=O)SC2)cc1OC1CCCC1. The van der Waals surface area contributed by atoms with E-state index in [4.69, 9.17) is 14.2 Å². The summed E-state index contributed by atoms with van der Waals surface area (Å²) in [5.41, 5.74) is 3.26. The van der Waals surface area contributed by atoms with E-state index in [1.807, 2.05) is 30.3 Å². The minimum Gasteiger partial charge on any atom is -0.493 e. The van der Waals surface area contributed by atoms with Crippen molar-refractivity contribution in [3.05, 3.63) is 53.6 Å². The first-order valence-electron chi connectivity index (χ1n) is 14.4. The molecule has 11 heteroatoms. The summed E-state index contributed by atoms with van der Waals surface area (Å²) >= 11 is 1.23. The molecule has 0 aromatic heterocycles. The summed E-state index contributed by atoms with van der Waals surface area (Å²) < 4.78 is 17.1. The number of amides is 2. The molecular formula is C30H39N5O5S. The number of benzene rings is 2. The number of hydrogen-bond donors (Lipinski definition) is 2. The molecule has 220 valence electrons. The van der Waals surface area contributed by atoms with E-state index in [1.54, 1.807) is 19.2 Å². The van der Waals surface area contributed by atoms with Gasteiger partial charge in [-0.1, -0.05) is 23.9 Å². The number of rotatable bonds is 11. The number of piperazine rings is 1. The van der Waals surface area contributed by atoms with Gasteiger partial charge < -0.3 is 24.4 Å². The zero-order valence-corrected chi connectivity index (χ0v) is 24.4. The second kappa shape index (κ2) is 14.6. The van der Waals surface area contributed by atoms with Crippen LogP contribution in [-0.2, 0) is 11.3 Å². The number of hydrogen-bond acceptors (Lipinski definition) is 9. The molecule has 0 unspecified atom stereocenters. The lowest BCUT2D eigenvalue weighted by Gasteiger charge is -2.26. The second-order valence-corrected chi connectivity index (χ2v) is 11.4. The van der Waals surface area contributed by atoms with Crippen LogP contribution in [0.2, 0.25) is 0 Å². The van der Waals surface area contributed by atoms with Gasteiger partial charge in [-0.2, -0.15) is 5.10 Å². The summed E-state index contributed by atoms with van der Waals surface area (Å²) in [7, 11) is 1.64. The Hall–Kier alpha value is -3.28. The minimum absolute atomic E-state index is 0.101. The van der Waals surface area contributed by atoms with Gasteiger partial charge in [0.15, 0.2) is 11.5 Å². The third-order valence-corrected chi connectivity index (χ3v) is 8.35. The fraction of sp³-hybridized carbons (Fsp3) is 0.500. The lowest BCUT2D eigenvalue weighted by atomic mass is 10.1. The van der Waals surface area contributed by atoms with Crippen LogP contribution in [0, 0.1) is 0 Å². The molecular weight excluding hydrogens is 542 g/mol. The molecule has 0 atom stereocenters. The van der Waals surface area contributed by atoms with Crippen molar-refractivity contribution < 1.29 is 23.8 Å². The summed E-state index contributed by atoms with van der Waals surface area (Å²) in [5, 5.41) is 12.2. The second-order valence-electron chi connectivity index (χ2n) is 10.5. The highest BCUT2D eigenvalue weighted by Crippen LogP contribution is 2.33. The number of methoxy groups -OCH3 is 1. The van der Waals surface area contributed by atoms with Crippen LogP contribution < -0.4 is 20.1 Å². The van der Waals surface area contributed by atoms with Crippen molar-refractivity contribution >= 4 is 34.5 Å². The van der Waals surface area contributed by atoms with Gasteiger partial charge in [-0.05, 0) is 68.0 Å². The molecule has 5 rings (SSSR count). The van der Waals surface area contributed by atoms with E-state index in [2.05, 4.69) is 20.6 Å². The summed E-state index contributed by atoms with van der Waals surface area (Å²) in [6, 6.07) is 13.2. The molecule has 2 amide bonds. The number of carbonyl (C=O) groups is 2. The molecule has 2 aliphatic heterocycles. The van der Waals surface area contributed by atoms with E-state index < -0.39 is 6.09 Å². The Labute approximate surface area is 245 Å². The topological polar surface area (TPSA) is 105 Å². The number of carbonyl (C=O) groups excluding carboxylic acids is 2. The van der Waals surface area contributed by atoms with Crippen LogP contribution in [0.1, 0.15) is 43.2 Å². The standard InChI is InChI=1S/C30H39N5O5S/c1-38-27-12-9-23(19-28(27)40-25-5-2-3-6-25)26-21-41-30(37)35(33-26)20-22-7-10-24(11-8-22)32-29(36)39-18-4-15-34-16-13-31-14-17-34/h7-12,19,25,31H,2-6,13-18,20-21H2,1H3,(H,32,36). The first kappa shape index (κ1) is 29.2. The number of anilines is 1. The molecule has 3 aliphatic rings. The minimum atomic E-state index is -0.467. The van der Waals surface area contributed by atoms with Crippen molar-refractivity contribution in [1.29, 1.82) is 0 Å². The predicted molar refractivity (Wildman–Crippen MR) is 161 cm³/mol. The van der Waals surface area contributed by atoms with E-state index in [1.165, 1.54) is 29.6 Å². The van der Waals surface area contributed by atoms with Crippen LogP contribution in [-0.4, -0.2) is 85.3 Å². The van der Waals surface area contributed by atoms with Crippen molar-refractivity contribution in [3.8, 4) is 11.5 Å². The zero-order valence-electron chi connectivity index (χ0n) is 23.6. The van der Waals surface area contributed by atoms with E-state index in [9.17, 15) is 9.59 Å². The zero-order chi connectivity index (χ0) is 28.4. The number of nitrogens with one attached hydrogen (secondary N) is 2. The Balaban J connectivity index is 1.14. The highest BCUT2D eigenvalue weighted by molar-refractivity contribution is 8.14. The van der Waals surface area contributed by atoms with Gasteiger partial charge in [-0.15, -0.1) is 0 Å². The highest BCUT2D eigenvalue weighted by Gasteiger charge is 2.24. The Morgan fingerprint density at radius 1 is 1.10 bits per heavy atom. The predicted octanol–water partition coefficient (Wildman–Crippen LogP) is 4.93.